The number of carbonyl (C=O) groups excluding carboxylic acids is 4. The number of benzene rings is 2. The Kier molecular flexibility index (Phi) is 4.91. The summed E-state index contributed by atoms with van der Waals surface area (Å²) in [4.78, 5) is 53.0. The molecule has 3 amide bonds. The second kappa shape index (κ2) is 7.90. The van der Waals surface area contributed by atoms with Crippen molar-refractivity contribution in [2.45, 2.75) is 26.4 Å². The number of hydrogen-bond donors (Lipinski definition) is 1. The molecule has 0 aromatic heterocycles. The zero-order chi connectivity index (χ0) is 24.4. The molecule has 35 heavy (non-hydrogen) atoms. The fraction of sp³-hybridized carbons (Fsp3) is 0.357. The number of esters is 1. The van der Waals surface area contributed by atoms with Crippen LogP contribution in [0.15, 0.2) is 60.7 Å². The second-order valence-corrected chi connectivity index (χ2v) is 10.2. The Morgan fingerprint density at radius 2 is 1.54 bits per heavy atom. The Hall–Kier alpha value is -3.74. The summed E-state index contributed by atoms with van der Waals surface area (Å²) in [5.41, 5.74) is 1.68. The molecule has 1 aliphatic heterocycles. The topological polar surface area (TPSA) is 92.8 Å². The summed E-state index contributed by atoms with van der Waals surface area (Å²) in [6.45, 7) is 3.56. The number of anilines is 2. The van der Waals surface area contributed by atoms with Crippen molar-refractivity contribution in [3.63, 3.8) is 0 Å². The van der Waals surface area contributed by atoms with Crippen molar-refractivity contribution in [2.75, 3.05) is 10.2 Å². The van der Waals surface area contributed by atoms with Crippen LogP contribution in [0.1, 0.15) is 41.0 Å². The molecule has 4 aliphatic carbocycles. The van der Waals surface area contributed by atoms with Gasteiger partial charge in [-0.05, 0) is 86.4 Å². The largest absolute Gasteiger partial charge is 0.459 e. The molecule has 2 saturated carbocycles. The number of amides is 3. The maximum Gasteiger partial charge on any atom is 0.338 e. The van der Waals surface area contributed by atoms with Crippen molar-refractivity contribution in [3.8, 4) is 0 Å². The van der Waals surface area contributed by atoms with Crippen LogP contribution in [-0.2, 0) is 14.3 Å². The Morgan fingerprint density at radius 1 is 0.914 bits per heavy atom. The minimum atomic E-state index is -0.424. The molecule has 7 heteroatoms. The highest BCUT2D eigenvalue weighted by atomic mass is 16.5. The number of rotatable bonds is 5. The first kappa shape index (κ1) is 21.8. The number of allylic oxidation sites excluding steroid dienone is 2. The lowest BCUT2D eigenvalue weighted by Crippen LogP contribution is -2.40. The van der Waals surface area contributed by atoms with Gasteiger partial charge in [-0.3, -0.25) is 14.4 Å². The van der Waals surface area contributed by atoms with Crippen LogP contribution in [-0.4, -0.2) is 29.8 Å². The lowest BCUT2D eigenvalue weighted by atomic mass is 9.63. The number of hydrogen-bond acceptors (Lipinski definition) is 5. The lowest BCUT2D eigenvalue weighted by molar-refractivity contribution is -0.124. The minimum Gasteiger partial charge on any atom is -0.459 e. The van der Waals surface area contributed by atoms with Crippen molar-refractivity contribution in [1.29, 1.82) is 0 Å². The predicted octanol–water partition coefficient (Wildman–Crippen LogP) is 4.06. The molecule has 0 radical (unpaired) electrons. The highest BCUT2D eigenvalue weighted by Gasteiger charge is 2.67. The summed E-state index contributed by atoms with van der Waals surface area (Å²) in [6, 6.07) is 13.1. The van der Waals surface area contributed by atoms with Crippen molar-refractivity contribution < 1.29 is 23.9 Å². The van der Waals surface area contributed by atoms with E-state index in [1.165, 1.54) is 4.90 Å². The first-order chi connectivity index (χ1) is 16.8. The van der Waals surface area contributed by atoms with Gasteiger partial charge in [0.2, 0.25) is 11.8 Å². The van der Waals surface area contributed by atoms with Gasteiger partial charge in [-0.1, -0.05) is 18.2 Å². The quantitative estimate of drug-likeness (QED) is 0.404. The summed E-state index contributed by atoms with van der Waals surface area (Å²) in [5, 5.41) is 2.80. The number of nitrogens with zero attached hydrogens (tertiary/aromatic N) is 1. The third kappa shape index (κ3) is 3.49. The van der Waals surface area contributed by atoms with Crippen molar-refractivity contribution >= 4 is 35.1 Å². The Bertz CT molecular complexity index is 1240. The van der Waals surface area contributed by atoms with Gasteiger partial charge >= 0.3 is 5.97 Å². The van der Waals surface area contributed by atoms with Crippen LogP contribution >= 0.6 is 0 Å². The van der Waals surface area contributed by atoms with Crippen LogP contribution in [0.4, 0.5) is 11.4 Å². The van der Waals surface area contributed by atoms with Gasteiger partial charge in [0.15, 0.2) is 0 Å². The Balaban J connectivity index is 1.19. The van der Waals surface area contributed by atoms with E-state index in [4.69, 9.17) is 4.74 Å². The van der Waals surface area contributed by atoms with E-state index in [-0.39, 0.29) is 47.5 Å². The predicted molar refractivity (Wildman–Crippen MR) is 129 cm³/mol. The van der Waals surface area contributed by atoms with E-state index in [1.807, 2.05) is 0 Å². The van der Waals surface area contributed by atoms with Gasteiger partial charge in [0.25, 0.3) is 5.91 Å². The molecule has 1 N–H and O–H groups in total. The van der Waals surface area contributed by atoms with Gasteiger partial charge in [-0.25, -0.2) is 9.69 Å². The Morgan fingerprint density at radius 3 is 2.14 bits per heavy atom. The van der Waals surface area contributed by atoms with E-state index in [0.29, 0.717) is 34.3 Å². The van der Waals surface area contributed by atoms with Crippen molar-refractivity contribution in [3.05, 3.63) is 71.8 Å². The number of imide groups is 1. The minimum absolute atomic E-state index is 0.147. The molecule has 2 aromatic rings. The average molecular weight is 471 g/mol. The van der Waals surface area contributed by atoms with Crippen LogP contribution in [0.5, 0.6) is 0 Å². The summed E-state index contributed by atoms with van der Waals surface area (Å²) < 4.78 is 5.18. The van der Waals surface area contributed by atoms with Crippen LogP contribution in [0.2, 0.25) is 0 Å². The van der Waals surface area contributed by atoms with E-state index >= 15 is 0 Å². The van der Waals surface area contributed by atoms with Gasteiger partial charge < -0.3 is 10.1 Å². The molecule has 2 aromatic carbocycles. The molecule has 6 atom stereocenters. The monoisotopic (exact) mass is 470 g/mol. The molecule has 1 saturated heterocycles. The van der Waals surface area contributed by atoms with E-state index in [2.05, 4.69) is 17.5 Å². The average Bonchev–Trinajstić information content (AvgIpc) is 3.62. The standard InChI is InChI=1S/C28H26N2O5/c1-14(2)35-28(34)15-6-8-17(9-7-15)29-25(31)16-4-3-5-18(12-16)30-26(32)23-19-10-11-20(22-13-21(19)22)24(23)27(30)33/h3-12,14,19-24H,13H2,1-2H3,(H,29,31)/t19-,20-,21-,22-,23-,24+/m1/s1. The summed E-state index contributed by atoms with van der Waals surface area (Å²) in [6.07, 6.45) is 5.19. The summed E-state index contributed by atoms with van der Waals surface area (Å²) >= 11 is 0. The molecule has 3 fully saturated rings. The number of carbonyl (C=O) groups is 4. The smallest absolute Gasteiger partial charge is 0.338 e. The highest BCUT2D eigenvalue weighted by molar-refractivity contribution is 6.23. The van der Waals surface area contributed by atoms with Gasteiger partial charge in [0, 0.05) is 11.3 Å². The van der Waals surface area contributed by atoms with Gasteiger partial charge in [-0.2, -0.15) is 0 Å². The zero-order valence-corrected chi connectivity index (χ0v) is 19.5. The van der Waals surface area contributed by atoms with Crippen LogP contribution < -0.4 is 10.2 Å². The van der Waals surface area contributed by atoms with E-state index < -0.39 is 5.97 Å². The van der Waals surface area contributed by atoms with Crippen LogP contribution in [0.25, 0.3) is 0 Å². The normalized spacial score (nSPS) is 29.7. The summed E-state index contributed by atoms with van der Waals surface area (Å²) in [5.74, 6) is -0.253. The van der Waals surface area contributed by atoms with Gasteiger partial charge in [0.1, 0.15) is 0 Å². The molecular weight excluding hydrogens is 444 g/mol. The zero-order valence-electron chi connectivity index (χ0n) is 19.5. The van der Waals surface area contributed by atoms with E-state index in [0.717, 1.165) is 6.42 Å². The molecule has 0 spiro atoms. The fourth-order valence-corrected chi connectivity index (χ4v) is 6.17. The van der Waals surface area contributed by atoms with E-state index in [1.54, 1.807) is 62.4 Å². The first-order valence-corrected chi connectivity index (χ1v) is 12.1. The Labute approximate surface area is 203 Å². The molecule has 0 unspecified atom stereocenters. The van der Waals surface area contributed by atoms with Gasteiger partial charge in [-0.15, -0.1) is 0 Å². The maximum absolute atomic E-state index is 13.4. The van der Waals surface area contributed by atoms with Crippen molar-refractivity contribution in [1.82, 2.24) is 0 Å². The van der Waals surface area contributed by atoms with Crippen molar-refractivity contribution in [2.24, 2.45) is 35.5 Å². The molecule has 5 aliphatic rings. The first-order valence-electron chi connectivity index (χ1n) is 12.1. The molecule has 1 heterocycles. The molecule has 2 bridgehead atoms. The molecular formula is C28H26N2O5. The molecule has 178 valence electrons. The lowest BCUT2D eigenvalue weighted by Gasteiger charge is -2.37. The third-order valence-corrected chi connectivity index (χ3v) is 7.75. The molecule has 7 nitrogen and oxygen atoms in total. The second-order valence-electron chi connectivity index (χ2n) is 10.2. The number of ether oxygens (including phenoxy) is 1. The highest BCUT2D eigenvalue weighted by Crippen LogP contribution is 2.65. The van der Waals surface area contributed by atoms with Crippen LogP contribution in [0, 0.1) is 35.5 Å². The molecule has 7 rings (SSSR count). The van der Waals surface area contributed by atoms with E-state index in [9.17, 15) is 19.2 Å². The SMILES string of the molecule is CC(C)OC(=O)c1ccc(NC(=O)c2cccc(N3C(=O)[C@@H]4[C@@H]5C=C[C@H]([C@H]6C[C@H]56)[C@@H]4C3=O)c2)cc1. The van der Waals surface area contributed by atoms with Gasteiger partial charge in [0.05, 0.1) is 29.2 Å². The summed E-state index contributed by atoms with van der Waals surface area (Å²) in [7, 11) is 0. The maximum atomic E-state index is 13.4. The number of nitrogens with one attached hydrogen (secondary N) is 1. The van der Waals surface area contributed by atoms with Crippen LogP contribution in [0.3, 0.4) is 0 Å². The fourth-order valence-electron chi connectivity index (χ4n) is 6.17. The third-order valence-electron chi connectivity index (χ3n) is 7.75.